The van der Waals surface area contributed by atoms with Gasteiger partial charge in [0.15, 0.2) is 0 Å². The molecule has 29 heavy (non-hydrogen) atoms. The maximum Gasteiger partial charge on any atom is 0.258 e. The number of pyridine rings is 1. The van der Waals surface area contributed by atoms with Crippen molar-refractivity contribution in [1.29, 1.82) is 0 Å². The highest BCUT2D eigenvalue weighted by Crippen LogP contribution is 2.21. The predicted octanol–water partition coefficient (Wildman–Crippen LogP) is 4.94. The summed E-state index contributed by atoms with van der Waals surface area (Å²) in [4.78, 5) is 17.5. The minimum Gasteiger partial charge on any atom is -0.306 e. The average molecular weight is 386 g/mol. The Kier molecular flexibility index (Phi) is 4.91. The molecule has 144 valence electrons. The number of hydrogen-bond acceptors (Lipinski definition) is 3. The average Bonchev–Trinajstić information content (AvgIpc) is 3.09. The quantitative estimate of drug-likeness (QED) is 0.540. The summed E-state index contributed by atoms with van der Waals surface area (Å²) in [5.41, 5.74) is 4.31. The molecule has 2 heterocycles. The molecule has 0 aliphatic rings. The standard InChI is InChI=1S/C23H19FN4O/c1-15-14-22(28(27-15)19-10-8-18(24)9-11-19)26-23(29)20-12-13-21(25-16(20)2)17-6-4-3-5-7-17/h3-14H,1-2H3,(H,26,29). The molecular formula is C23H19FN4O. The van der Waals surface area contributed by atoms with Crippen molar-refractivity contribution < 1.29 is 9.18 Å². The van der Waals surface area contributed by atoms with E-state index >= 15 is 0 Å². The van der Waals surface area contributed by atoms with Gasteiger partial charge in [0.1, 0.15) is 11.6 Å². The predicted molar refractivity (Wildman–Crippen MR) is 111 cm³/mol. The van der Waals surface area contributed by atoms with E-state index in [0.29, 0.717) is 22.8 Å². The number of hydrogen-bond donors (Lipinski definition) is 1. The zero-order chi connectivity index (χ0) is 20.4. The Morgan fingerprint density at radius 2 is 1.69 bits per heavy atom. The van der Waals surface area contributed by atoms with E-state index in [1.807, 2.05) is 50.2 Å². The maximum atomic E-state index is 13.2. The molecule has 0 atom stereocenters. The first-order valence-corrected chi connectivity index (χ1v) is 9.18. The molecule has 0 saturated heterocycles. The zero-order valence-electron chi connectivity index (χ0n) is 16.1. The molecule has 4 aromatic rings. The van der Waals surface area contributed by atoms with Crippen LogP contribution >= 0.6 is 0 Å². The number of carbonyl (C=O) groups is 1. The molecule has 5 nitrogen and oxygen atoms in total. The number of rotatable bonds is 4. The van der Waals surface area contributed by atoms with Crippen LogP contribution in [0.1, 0.15) is 21.7 Å². The number of nitrogens with one attached hydrogen (secondary N) is 1. The van der Waals surface area contributed by atoms with Crippen molar-refractivity contribution in [2.45, 2.75) is 13.8 Å². The maximum absolute atomic E-state index is 13.2. The normalized spacial score (nSPS) is 10.7. The molecule has 0 spiro atoms. The monoisotopic (exact) mass is 386 g/mol. The number of anilines is 1. The first kappa shape index (κ1) is 18.6. The van der Waals surface area contributed by atoms with Crippen molar-refractivity contribution in [3.05, 3.63) is 95.6 Å². The summed E-state index contributed by atoms with van der Waals surface area (Å²) in [6.45, 7) is 3.64. The summed E-state index contributed by atoms with van der Waals surface area (Å²) >= 11 is 0. The third kappa shape index (κ3) is 3.91. The number of aryl methyl sites for hydroxylation is 2. The molecule has 2 aromatic carbocycles. The molecular weight excluding hydrogens is 367 g/mol. The van der Waals surface area contributed by atoms with E-state index in [1.165, 1.54) is 12.1 Å². The highest BCUT2D eigenvalue weighted by molar-refractivity contribution is 6.04. The summed E-state index contributed by atoms with van der Waals surface area (Å²) in [6.07, 6.45) is 0. The van der Waals surface area contributed by atoms with Gasteiger partial charge in [0.25, 0.3) is 5.91 Å². The van der Waals surface area contributed by atoms with E-state index < -0.39 is 0 Å². The number of amides is 1. The van der Waals surface area contributed by atoms with Crippen molar-refractivity contribution in [3.63, 3.8) is 0 Å². The van der Waals surface area contributed by atoms with Crippen LogP contribution in [0.5, 0.6) is 0 Å². The third-order valence-corrected chi connectivity index (χ3v) is 4.54. The molecule has 1 N–H and O–H groups in total. The lowest BCUT2D eigenvalue weighted by Crippen LogP contribution is -2.17. The van der Waals surface area contributed by atoms with Gasteiger partial charge in [0.05, 0.1) is 28.3 Å². The molecule has 0 fully saturated rings. The van der Waals surface area contributed by atoms with Crippen LogP contribution in [0.4, 0.5) is 10.2 Å². The Bertz CT molecular complexity index is 1170. The second-order valence-corrected chi connectivity index (χ2v) is 6.71. The third-order valence-electron chi connectivity index (χ3n) is 4.54. The van der Waals surface area contributed by atoms with Crippen LogP contribution in [0.3, 0.4) is 0 Å². The van der Waals surface area contributed by atoms with Crippen LogP contribution in [-0.4, -0.2) is 20.7 Å². The van der Waals surface area contributed by atoms with E-state index in [0.717, 1.165) is 17.0 Å². The number of carbonyl (C=O) groups excluding carboxylic acids is 1. The van der Waals surface area contributed by atoms with E-state index in [4.69, 9.17) is 0 Å². The van der Waals surface area contributed by atoms with Gasteiger partial charge in [0.2, 0.25) is 0 Å². The van der Waals surface area contributed by atoms with Crippen LogP contribution < -0.4 is 5.32 Å². The Morgan fingerprint density at radius 1 is 0.966 bits per heavy atom. The first-order valence-electron chi connectivity index (χ1n) is 9.18. The molecule has 6 heteroatoms. The van der Waals surface area contributed by atoms with Crippen molar-refractivity contribution in [2.24, 2.45) is 0 Å². The minimum atomic E-state index is -0.330. The van der Waals surface area contributed by atoms with Crippen LogP contribution in [0.15, 0.2) is 72.8 Å². The highest BCUT2D eigenvalue weighted by Gasteiger charge is 2.15. The number of nitrogens with zero attached hydrogens (tertiary/aromatic N) is 3. The molecule has 0 unspecified atom stereocenters. The van der Waals surface area contributed by atoms with Gasteiger partial charge in [-0.25, -0.2) is 9.07 Å². The fourth-order valence-corrected chi connectivity index (χ4v) is 3.12. The Morgan fingerprint density at radius 3 is 2.38 bits per heavy atom. The lowest BCUT2D eigenvalue weighted by Gasteiger charge is -2.11. The largest absolute Gasteiger partial charge is 0.306 e. The Balaban J connectivity index is 1.61. The summed E-state index contributed by atoms with van der Waals surface area (Å²) < 4.78 is 14.8. The molecule has 0 bridgehead atoms. The summed E-state index contributed by atoms with van der Waals surface area (Å²) in [5.74, 6) is -0.105. The van der Waals surface area contributed by atoms with Crippen molar-refractivity contribution >= 4 is 11.7 Å². The second-order valence-electron chi connectivity index (χ2n) is 6.71. The number of benzene rings is 2. The Hall–Kier alpha value is -3.80. The smallest absolute Gasteiger partial charge is 0.258 e. The van der Waals surface area contributed by atoms with Gasteiger partial charge in [-0.3, -0.25) is 9.78 Å². The highest BCUT2D eigenvalue weighted by atomic mass is 19.1. The summed E-state index contributed by atoms with van der Waals surface area (Å²) in [6, 6.07) is 21.1. The molecule has 0 saturated carbocycles. The SMILES string of the molecule is Cc1cc(NC(=O)c2ccc(-c3ccccc3)nc2C)n(-c2ccc(F)cc2)n1. The summed E-state index contributed by atoms with van der Waals surface area (Å²) in [7, 11) is 0. The van der Waals surface area contributed by atoms with Crippen LogP contribution in [0, 0.1) is 19.7 Å². The molecule has 0 aliphatic heterocycles. The first-order chi connectivity index (χ1) is 14.0. The lowest BCUT2D eigenvalue weighted by molar-refractivity contribution is 0.102. The van der Waals surface area contributed by atoms with Crippen LogP contribution in [0.2, 0.25) is 0 Å². The fraction of sp³-hybridized carbons (Fsp3) is 0.0870. The van der Waals surface area contributed by atoms with Crippen molar-refractivity contribution in [1.82, 2.24) is 14.8 Å². The van der Waals surface area contributed by atoms with Gasteiger partial charge in [-0.15, -0.1) is 0 Å². The second kappa shape index (κ2) is 7.67. The molecule has 0 radical (unpaired) electrons. The fourth-order valence-electron chi connectivity index (χ4n) is 3.12. The van der Waals surface area contributed by atoms with Crippen LogP contribution in [-0.2, 0) is 0 Å². The zero-order valence-corrected chi connectivity index (χ0v) is 16.1. The van der Waals surface area contributed by atoms with E-state index in [1.54, 1.807) is 28.9 Å². The van der Waals surface area contributed by atoms with Crippen molar-refractivity contribution in [3.8, 4) is 16.9 Å². The van der Waals surface area contributed by atoms with Gasteiger partial charge in [-0.2, -0.15) is 5.10 Å². The lowest BCUT2D eigenvalue weighted by atomic mass is 10.1. The topological polar surface area (TPSA) is 59.8 Å². The summed E-state index contributed by atoms with van der Waals surface area (Å²) in [5, 5.41) is 7.29. The number of halogens is 1. The van der Waals surface area contributed by atoms with Crippen molar-refractivity contribution in [2.75, 3.05) is 5.32 Å². The number of aromatic nitrogens is 3. The van der Waals surface area contributed by atoms with Gasteiger partial charge in [0, 0.05) is 11.6 Å². The van der Waals surface area contributed by atoms with E-state index in [2.05, 4.69) is 15.4 Å². The molecule has 4 rings (SSSR count). The van der Waals surface area contributed by atoms with E-state index in [9.17, 15) is 9.18 Å². The van der Waals surface area contributed by atoms with Gasteiger partial charge >= 0.3 is 0 Å². The molecule has 2 aromatic heterocycles. The minimum absolute atomic E-state index is 0.280. The molecule has 1 amide bonds. The van der Waals surface area contributed by atoms with Gasteiger partial charge < -0.3 is 5.32 Å². The van der Waals surface area contributed by atoms with Gasteiger partial charge in [-0.05, 0) is 50.2 Å². The van der Waals surface area contributed by atoms with E-state index in [-0.39, 0.29) is 11.7 Å². The molecule has 0 aliphatic carbocycles. The van der Waals surface area contributed by atoms with Crippen LogP contribution in [0.25, 0.3) is 16.9 Å². The van der Waals surface area contributed by atoms with Gasteiger partial charge in [-0.1, -0.05) is 30.3 Å². The Labute approximate surface area is 167 Å².